The molecule has 1 saturated heterocycles. The number of nitro groups is 1. The van der Waals surface area contributed by atoms with Crippen molar-refractivity contribution in [2.24, 2.45) is 5.92 Å². The topological polar surface area (TPSA) is 79.5 Å². The Morgan fingerprint density at radius 1 is 1.48 bits per heavy atom. The van der Waals surface area contributed by atoms with E-state index in [0.29, 0.717) is 5.56 Å². The summed E-state index contributed by atoms with van der Waals surface area (Å²) in [6.07, 6.45) is 6.34. The maximum absolute atomic E-state index is 10.9. The molecule has 1 N–H and O–H groups in total. The number of nitrogens with zero attached hydrogens (tertiary/aromatic N) is 3. The Bertz CT molecular complexity index is 563. The Morgan fingerprint density at radius 2 is 2.29 bits per heavy atom. The van der Waals surface area contributed by atoms with Gasteiger partial charge in [-0.15, -0.1) is 0 Å². The third kappa shape index (κ3) is 2.60. The van der Waals surface area contributed by atoms with Gasteiger partial charge in [-0.25, -0.2) is 4.98 Å². The van der Waals surface area contributed by atoms with Gasteiger partial charge in [-0.3, -0.25) is 10.1 Å². The van der Waals surface area contributed by atoms with E-state index < -0.39 is 10.5 Å². The van der Waals surface area contributed by atoms with E-state index in [4.69, 9.17) is 0 Å². The third-order valence-electron chi connectivity index (χ3n) is 5.02. The molecule has 2 unspecified atom stereocenters. The molecule has 0 bridgehead atoms. The number of rotatable bonds is 2. The van der Waals surface area contributed by atoms with E-state index in [2.05, 4.69) is 9.88 Å². The normalized spacial score (nSPS) is 29.0. The smallest absolute Gasteiger partial charge is 0.290 e. The third-order valence-corrected chi connectivity index (χ3v) is 5.02. The highest BCUT2D eigenvalue weighted by atomic mass is 16.6. The second-order valence-electron chi connectivity index (χ2n) is 6.33. The molecule has 1 aliphatic carbocycles. The fraction of sp³-hybridized carbons (Fsp3) is 0.667. The van der Waals surface area contributed by atoms with Gasteiger partial charge in [0.2, 0.25) is 0 Å². The van der Waals surface area contributed by atoms with Gasteiger partial charge in [0.25, 0.3) is 5.69 Å². The van der Waals surface area contributed by atoms with Crippen molar-refractivity contribution in [3.05, 3.63) is 27.9 Å². The lowest BCUT2D eigenvalue weighted by Crippen LogP contribution is -2.53. The predicted molar refractivity (Wildman–Crippen MR) is 79.4 cm³/mol. The van der Waals surface area contributed by atoms with Crippen molar-refractivity contribution in [1.29, 1.82) is 0 Å². The number of aliphatic hydroxyl groups is 1. The first kappa shape index (κ1) is 14.3. The molecule has 0 amide bonds. The summed E-state index contributed by atoms with van der Waals surface area (Å²) in [6, 6.07) is 1.78. The molecular formula is C15H21N3O3. The fourth-order valence-electron chi connectivity index (χ4n) is 3.68. The van der Waals surface area contributed by atoms with Crippen LogP contribution in [-0.4, -0.2) is 33.7 Å². The summed E-state index contributed by atoms with van der Waals surface area (Å²) in [7, 11) is 0. The number of hydrogen-bond acceptors (Lipinski definition) is 5. The van der Waals surface area contributed by atoms with Crippen molar-refractivity contribution in [3.63, 3.8) is 0 Å². The SMILES string of the molecule is Cc1cc(N2CCC3(O)CCCCC3C2)ncc1[N+](=O)[O-]. The Hall–Kier alpha value is -1.69. The fourth-order valence-corrected chi connectivity index (χ4v) is 3.68. The van der Waals surface area contributed by atoms with Crippen molar-refractivity contribution in [3.8, 4) is 0 Å². The molecule has 3 rings (SSSR count). The van der Waals surface area contributed by atoms with Crippen LogP contribution >= 0.6 is 0 Å². The molecule has 0 spiro atoms. The first-order chi connectivity index (χ1) is 9.99. The second-order valence-corrected chi connectivity index (χ2v) is 6.33. The highest BCUT2D eigenvalue weighted by Gasteiger charge is 2.43. The lowest BCUT2D eigenvalue weighted by atomic mass is 9.71. The number of fused-ring (bicyclic) bond motifs is 1. The number of anilines is 1. The quantitative estimate of drug-likeness (QED) is 0.668. The van der Waals surface area contributed by atoms with E-state index in [1.807, 2.05) is 0 Å². The summed E-state index contributed by atoms with van der Waals surface area (Å²) in [5, 5.41) is 21.5. The second kappa shape index (κ2) is 5.26. The summed E-state index contributed by atoms with van der Waals surface area (Å²) < 4.78 is 0. The molecule has 0 aromatic carbocycles. The number of aromatic nitrogens is 1. The number of pyridine rings is 1. The zero-order valence-corrected chi connectivity index (χ0v) is 12.3. The zero-order valence-electron chi connectivity index (χ0n) is 12.3. The van der Waals surface area contributed by atoms with Crippen LogP contribution in [0.3, 0.4) is 0 Å². The molecular weight excluding hydrogens is 270 g/mol. The summed E-state index contributed by atoms with van der Waals surface area (Å²) in [6.45, 7) is 3.29. The molecule has 1 aliphatic heterocycles. The van der Waals surface area contributed by atoms with Gasteiger partial charge in [0.15, 0.2) is 0 Å². The standard InChI is InChI=1S/C15H21N3O3/c1-11-8-14(16-9-13(11)18(20)21)17-7-6-15(19)5-3-2-4-12(15)10-17/h8-9,12,19H,2-7,10H2,1H3. The molecule has 6 nitrogen and oxygen atoms in total. The Kier molecular flexibility index (Phi) is 3.57. The number of aryl methyl sites for hydroxylation is 1. The van der Waals surface area contributed by atoms with Crippen molar-refractivity contribution in [2.45, 2.75) is 44.6 Å². The lowest BCUT2D eigenvalue weighted by Gasteiger charge is -2.47. The van der Waals surface area contributed by atoms with Gasteiger partial charge < -0.3 is 10.0 Å². The van der Waals surface area contributed by atoms with Crippen LogP contribution in [0.25, 0.3) is 0 Å². The molecule has 2 aliphatic rings. The van der Waals surface area contributed by atoms with Crippen LogP contribution in [0.4, 0.5) is 11.5 Å². The van der Waals surface area contributed by atoms with Gasteiger partial charge in [-0.2, -0.15) is 0 Å². The molecule has 6 heteroatoms. The van der Waals surface area contributed by atoms with Crippen molar-refractivity contribution >= 4 is 11.5 Å². The van der Waals surface area contributed by atoms with Crippen LogP contribution in [0.5, 0.6) is 0 Å². The minimum Gasteiger partial charge on any atom is -0.389 e. The summed E-state index contributed by atoms with van der Waals surface area (Å²) >= 11 is 0. The summed E-state index contributed by atoms with van der Waals surface area (Å²) in [4.78, 5) is 16.9. The van der Waals surface area contributed by atoms with E-state index >= 15 is 0 Å². The van der Waals surface area contributed by atoms with E-state index in [1.54, 1.807) is 13.0 Å². The van der Waals surface area contributed by atoms with Gasteiger partial charge in [0, 0.05) is 24.6 Å². The van der Waals surface area contributed by atoms with E-state index in [1.165, 1.54) is 12.6 Å². The molecule has 21 heavy (non-hydrogen) atoms. The minimum atomic E-state index is -0.509. The molecule has 1 aromatic rings. The Labute approximate surface area is 123 Å². The van der Waals surface area contributed by atoms with E-state index in [-0.39, 0.29) is 11.6 Å². The number of piperidine rings is 1. The molecule has 2 heterocycles. The van der Waals surface area contributed by atoms with Gasteiger partial charge in [-0.05, 0) is 32.3 Å². The van der Waals surface area contributed by atoms with Crippen LogP contribution in [0.1, 0.15) is 37.7 Å². The predicted octanol–water partition coefficient (Wildman–Crippen LogP) is 2.43. The van der Waals surface area contributed by atoms with Crippen molar-refractivity contribution < 1.29 is 10.0 Å². The maximum atomic E-state index is 10.9. The minimum absolute atomic E-state index is 0.0601. The van der Waals surface area contributed by atoms with Crippen LogP contribution in [0.15, 0.2) is 12.3 Å². The Morgan fingerprint density at radius 3 is 3.00 bits per heavy atom. The average Bonchev–Trinajstić information content (AvgIpc) is 2.45. The largest absolute Gasteiger partial charge is 0.389 e. The molecule has 114 valence electrons. The first-order valence-corrected chi connectivity index (χ1v) is 7.58. The highest BCUT2D eigenvalue weighted by Crippen LogP contribution is 2.40. The van der Waals surface area contributed by atoms with E-state index in [0.717, 1.165) is 44.6 Å². The van der Waals surface area contributed by atoms with Crippen LogP contribution < -0.4 is 4.90 Å². The number of hydrogen-bond donors (Lipinski definition) is 1. The summed E-state index contributed by atoms with van der Waals surface area (Å²) in [5.41, 5.74) is 0.185. The van der Waals surface area contributed by atoms with Crippen LogP contribution in [0.2, 0.25) is 0 Å². The maximum Gasteiger partial charge on any atom is 0.290 e. The first-order valence-electron chi connectivity index (χ1n) is 7.58. The monoisotopic (exact) mass is 291 g/mol. The zero-order chi connectivity index (χ0) is 15.0. The van der Waals surface area contributed by atoms with Crippen molar-refractivity contribution in [2.75, 3.05) is 18.0 Å². The van der Waals surface area contributed by atoms with E-state index in [9.17, 15) is 15.2 Å². The average molecular weight is 291 g/mol. The molecule has 1 saturated carbocycles. The molecule has 1 aromatic heterocycles. The molecule has 0 radical (unpaired) electrons. The summed E-state index contributed by atoms with van der Waals surface area (Å²) in [5.74, 6) is 1.07. The van der Waals surface area contributed by atoms with Gasteiger partial charge in [0.05, 0.1) is 10.5 Å². The van der Waals surface area contributed by atoms with Crippen LogP contribution in [0, 0.1) is 23.0 Å². The van der Waals surface area contributed by atoms with Crippen molar-refractivity contribution in [1.82, 2.24) is 4.98 Å². The highest BCUT2D eigenvalue weighted by molar-refractivity contribution is 5.49. The Balaban J connectivity index is 1.79. The van der Waals surface area contributed by atoms with Gasteiger partial charge in [-0.1, -0.05) is 12.8 Å². The lowest BCUT2D eigenvalue weighted by molar-refractivity contribution is -0.385. The van der Waals surface area contributed by atoms with Crippen LogP contribution in [-0.2, 0) is 0 Å². The molecule has 2 atom stereocenters. The van der Waals surface area contributed by atoms with Gasteiger partial charge in [0.1, 0.15) is 12.0 Å². The van der Waals surface area contributed by atoms with Gasteiger partial charge >= 0.3 is 0 Å². The molecule has 2 fully saturated rings.